The van der Waals surface area contributed by atoms with Gasteiger partial charge in [-0.25, -0.2) is 0 Å². The molecule has 0 aliphatic carbocycles. The average molecular weight is 378 g/mol. The van der Waals surface area contributed by atoms with E-state index >= 15 is 0 Å². The Bertz CT molecular complexity index is 653. The van der Waals surface area contributed by atoms with E-state index in [-0.39, 0.29) is 12.5 Å². The minimum absolute atomic E-state index is 0.00403. The van der Waals surface area contributed by atoms with Gasteiger partial charge in [-0.05, 0) is 12.5 Å². The van der Waals surface area contributed by atoms with Crippen LogP contribution in [0.4, 0.5) is 0 Å². The van der Waals surface area contributed by atoms with E-state index in [4.69, 9.17) is 18.9 Å². The van der Waals surface area contributed by atoms with Crippen molar-refractivity contribution in [3.63, 3.8) is 0 Å². The Morgan fingerprint density at radius 2 is 2.15 bits per heavy atom. The molecule has 0 N–H and O–H groups in total. The van der Waals surface area contributed by atoms with Crippen LogP contribution in [0.15, 0.2) is 18.2 Å². The van der Waals surface area contributed by atoms with Crippen LogP contribution in [0, 0.1) is 0 Å². The quantitative estimate of drug-likeness (QED) is 0.749. The zero-order valence-electron chi connectivity index (χ0n) is 16.5. The maximum atomic E-state index is 11.9. The molecule has 2 heterocycles. The number of nitrogens with zero attached hydrogens (tertiary/aromatic N) is 2. The Hall–Kier alpha value is -1.83. The van der Waals surface area contributed by atoms with Gasteiger partial charge in [0.1, 0.15) is 12.2 Å². The van der Waals surface area contributed by atoms with Crippen LogP contribution in [-0.4, -0.2) is 81.5 Å². The normalized spacial score (nSPS) is 24.1. The Kier molecular flexibility index (Phi) is 6.57. The summed E-state index contributed by atoms with van der Waals surface area (Å²) in [6, 6.07) is 5.99. The third-order valence-electron chi connectivity index (χ3n) is 4.99. The van der Waals surface area contributed by atoms with Crippen molar-refractivity contribution in [2.75, 3.05) is 60.2 Å². The number of amides is 1. The number of carbonyl (C=O) groups is 1. The van der Waals surface area contributed by atoms with E-state index in [1.54, 1.807) is 19.1 Å². The van der Waals surface area contributed by atoms with Crippen LogP contribution in [0.3, 0.4) is 0 Å². The molecule has 1 spiro atoms. The summed E-state index contributed by atoms with van der Waals surface area (Å²) < 4.78 is 23.2. The van der Waals surface area contributed by atoms with E-state index < -0.39 is 5.60 Å². The number of methoxy groups -OCH3 is 1. The van der Waals surface area contributed by atoms with Gasteiger partial charge in [0.25, 0.3) is 0 Å². The second-order valence-electron chi connectivity index (χ2n) is 7.28. The average Bonchev–Trinajstić information content (AvgIpc) is 2.79. The highest BCUT2D eigenvalue weighted by Gasteiger charge is 2.41. The molecule has 150 valence electrons. The summed E-state index contributed by atoms with van der Waals surface area (Å²) in [6.45, 7) is 6.70. The lowest BCUT2D eigenvalue weighted by atomic mass is 10.0. The minimum atomic E-state index is -0.484. The van der Waals surface area contributed by atoms with Crippen LogP contribution in [0.5, 0.6) is 11.5 Å². The van der Waals surface area contributed by atoms with E-state index in [0.717, 1.165) is 36.6 Å². The molecule has 2 aliphatic rings. The maximum Gasteiger partial charge on any atom is 0.248 e. The summed E-state index contributed by atoms with van der Waals surface area (Å²) in [5, 5.41) is 0. The molecule has 1 aromatic carbocycles. The van der Waals surface area contributed by atoms with Gasteiger partial charge in [-0.3, -0.25) is 9.69 Å². The second-order valence-corrected chi connectivity index (χ2v) is 7.28. The number of likely N-dealkylation sites (N-methyl/N-ethyl adjacent to an activating group) is 1. The first-order valence-corrected chi connectivity index (χ1v) is 9.53. The summed E-state index contributed by atoms with van der Waals surface area (Å²) >= 11 is 0. The molecule has 2 aliphatic heterocycles. The summed E-state index contributed by atoms with van der Waals surface area (Å²) in [4.78, 5) is 16.0. The number of ether oxygens (including phenoxy) is 4. The highest BCUT2D eigenvalue weighted by atomic mass is 16.6. The van der Waals surface area contributed by atoms with Crippen LogP contribution < -0.4 is 9.47 Å². The van der Waals surface area contributed by atoms with Crippen molar-refractivity contribution in [3.8, 4) is 11.5 Å². The Morgan fingerprint density at radius 3 is 2.93 bits per heavy atom. The molecule has 0 bridgehead atoms. The highest BCUT2D eigenvalue weighted by molar-refractivity contribution is 5.77. The smallest absolute Gasteiger partial charge is 0.248 e. The number of rotatable bonds is 6. The molecular formula is C20H30N2O5. The lowest BCUT2D eigenvalue weighted by Gasteiger charge is -2.43. The summed E-state index contributed by atoms with van der Waals surface area (Å²) in [5.74, 6) is 1.56. The van der Waals surface area contributed by atoms with Crippen molar-refractivity contribution < 1.29 is 23.7 Å². The van der Waals surface area contributed by atoms with Gasteiger partial charge in [0.05, 0.1) is 33.5 Å². The first kappa shape index (κ1) is 19.9. The Morgan fingerprint density at radius 1 is 1.30 bits per heavy atom. The van der Waals surface area contributed by atoms with Gasteiger partial charge in [-0.15, -0.1) is 0 Å². The molecule has 1 amide bonds. The van der Waals surface area contributed by atoms with E-state index in [2.05, 4.69) is 17.9 Å². The number of para-hydroxylation sites is 1. The van der Waals surface area contributed by atoms with Crippen LogP contribution in [-0.2, 0) is 20.8 Å². The molecular weight excluding hydrogens is 348 g/mol. The molecule has 7 nitrogen and oxygen atoms in total. The number of morpholine rings is 1. The zero-order chi connectivity index (χ0) is 19.3. The minimum Gasteiger partial charge on any atom is -0.493 e. The lowest BCUT2D eigenvalue weighted by Crippen LogP contribution is -2.58. The third-order valence-corrected chi connectivity index (χ3v) is 4.99. The Balaban J connectivity index is 1.75. The molecule has 7 heteroatoms. The summed E-state index contributed by atoms with van der Waals surface area (Å²) in [6.07, 6.45) is 0.940. The zero-order valence-corrected chi connectivity index (χ0v) is 16.5. The van der Waals surface area contributed by atoms with Crippen molar-refractivity contribution in [2.24, 2.45) is 0 Å². The standard InChI is InChI=1S/C20H30N2O5/c1-4-9-26-19-16(6-5-7-17(19)24-3)11-22-8-10-27-20(14-22)13-21(2)18(23)12-25-15-20/h5-7H,4,8-15H2,1-3H3. The van der Waals surface area contributed by atoms with Gasteiger partial charge < -0.3 is 23.8 Å². The van der Waals surface area contributed by atoms with Crippen molar-refractivity contribution in [1.82, 2.24) is 9.80 Å². The van der Waals surface area contributed by atoms with Crippen molar-refractivity contribution in [3.05, 3.63) is 23.8 Å². The van der Waals surface area contributed by atoms with Gasteiger partial charge in [-0.1, -0.05) is 19.1 Å². The molecule has 1 unspecified atom stereocenters. The maximum absolute atomic E-state index is 11.9. The van der Waals surface area contributed by atoms with Crippen LogP contribution in [0.25, 0.3) is 0 Å². The second kappa shape index (κ2) is 8.91. The molecule has 1 aromatic rings. The molecule has 1 atom stereocenters. The van der Waals surface area contributed by atoms with E-state index in [9.17, 15) is 4.79 Å². The van der Waals surface area contributed by atoms with E-state index in [1.807, 2.05) is 12.1 Å². The molecule has 0 aromatic heterocycles. The first-order valence-electron chi connectivity index (χ1n) is 9.53. The topological polar surface area (TPSA) is 60.5 Å². The number of hydrogen-bond acceptors (Lipinski definition) is 6. The van der Waals surface area contributed by atoms with Crippen LogP contribution in [0.1, 0.15) is 18.9 Å². The monoisotopic (exact) mass is 378 g/mol. The van der Waals surface area contributed by atoms with E-state index in [0.29, 0.717) is 32.9 Å². The largest absolute Gasteiger partial charge is 0.493 e. The Labute approximate surface area is 161 Å². The van der Waals surface area contributed by atoms with Crippen LogP contribution in [0.2, 0.25) is 0 Å². The van der Waals surface area contributed by atoms with E-state index in [1.165, 1.54) is 0 Å². The molecule has 2 saturated heterocycles. The third kappa shape index (κ3) is 4.72. The van der Waals surface area contributed by atoms with Crippen molar-refractivity contribution >= 4 is 5.91 Å². The van der Waals surface area contributed by atoms with Gasteiger partial charge in [-0.2, -0.15) is 0 Å². The molecule has 3 rings (SSSR count). The SMILES string of the molecule is CCCOc1c(CN2CCOC3(COCC(=O)N(C)C3)C2)cccc1OC. The lowest BCUT2D eigenvalue weighted by molar-refractivity contribution is -0.143. The predicted octanol–water partition coefficient (Wildman–Crippen LogP) is 1.54. The highest BCUT2D eigenvalue weighted by Crippen LogP contribution is 2.33. The van der Waals surface area contributed by atoms with Gasteiger partial charge in [0.15, 0.2) is 11.5 Å². The summed E-state index contributed by atoms with van der Waals surface area (Å²) in [7, 11) is 3.47. The number of hydrogen-bond donors (Lipinski definition) is 0. The molecule has 27 heavy (non-hydrogen) atoms. The van der Waals surface area contributed by atoms with Crippen LogP contribution >= 0.6 is 0 Å². The van der Waals surface area contributed by atoms with Gasteiger partial charge >= 0.3 is 0 Å². The molecule has 2 fully saturated rings. The van der Waals surface area contributed by atoms with Gasteiger partial charge in [0, 0.05) is 32.2 Å². The number of carbonyl (C=O) groups excluding carboxylic acids is 1. The predicted molar refractivity (Wildman–Crippen MR) is 101 cm³/mol. The fraction of sp³-hybridized carbons (Fsp3) is 0.650. The van der Waals surface area contributed by atoms with Crippen molar-refractivity contribution in [2.45, 2.75) is 25.5 Å². The fourth-order valence-corrected chi connectivity index (χ4v) is 3.70. The van der Waals surface area contributed by atoms with Crippen molar-refractivity contribution in [1.29, 1.82) is 0 Å². The van der Waals surface area contributed by atoms with Gasteiger partial charge in [0.2, 0.25) is 5.91 Å². The summed E-state index contributed by atoms with van der Waals surface area (Å²) in [5.41, 5.74) is 0.612. The fourth-order valence-electron chi connectivity index (χ4n) is 3.70. The number of benzene rings is 1. The first-order chi connectivity index (χ1) is 13.1. The molecule has 0 radical (unpaired) electrons. The molecule has 0 saturated carbocycles.